The molecule has 0 heterocycles. The number of anilines is 3. The number of urea groups is 1. The molecular formula is C14H13BrFN3O. The fraction of sp³-hybridized carbons (Fsp3) is 0.0714. The summed E-state index contributed by atoms with van der Waals surface area (Å²) in [6.45, 7) is 1.84. The molecule has 0 radical (unpaired) electrons. The highest BCUT2D eigenvalue weighted by atomic mass is 79.9. The first-order valence-electron chi connectivity index (χ1n) is 5.85. The number of amides is 2. The van der Waals surface area contributed by atoms with Crippen LogP contribution in [-0.4, -0.2) is 6.03 Å². The van der Waals surface area contributed by atoms with Gasteiger partial charge in [0.2, 0.25) is 0 Å². The molecule has 0 saturated carbocycles. The molecule has 4 N–H and O–H groups in total. The molecule has 0 bridgehead atoms. The lowest BCUT2D eigenvalue weighted by atomic mass is 10.1. The zero-order valence-corrected chi connectivity index (χ0v) is 12.3. The number of carbonyl (C=O) groups is 1. The SMILES string of the molecule is Cc1cc(Br)cc(N)c1NC(=O)Nc1ccc(F)cc1. The summed E-state index contributed by atoms with van der Waals surface area (Å²) in [6.07, 6.45) is 0. The molecule has 4 nitrogen and oxygen atoms in total. The molecule has 2 aromatic rings. The summed E-state index contributed by atoms with van der Waals surface area (Å²) in [5.41, 5.74) is 8.21. The van der Waals surface area contributed by atoms with Gasteiger partial charge in [0.1, 0.15) is 5.82 Å². The third-order valence-electron chi connectivity index (χ3n) is 2.67. The number of hydrogen-bond donors (Lipinski definition) is 3. The zero-order chi connectivity index (χ0) is 14.7. The second-order valence-electron chi connectivity index (χ2n) is 4.27. The minimum Gasteiger partial charge on any atom is -0.397 e. The molecule has 0 aliphatic carbocycles. The Balaban J connectivity index is 2.10. The summed E-state index contributed by atoms with van der Waals surface area (Å²) in [6, 6.07) is 8.63. The van der Waals surface area contributed by atoms with Gasteiger partial charge in [0.05, 0.1) is 11.4 Å². The standard InChI is InChI=1S/C14H13BrFN3O/c1-8-6-9(15)7-12(17)13(8)19-14(20)18-11-4-2-10(16)3-5-11/h2-7H,17H2,1H3,(H2,18,19,20). The monoisotopic (exact) mass is 337 g/mol. The van der Waals surface area contributed by atoms with E-state index in [1.165, 1.54) is 24.3 Å². The van der Waals surface area contributed by atoms with Gasteiger partial charge in [-0.25, -0.2) is 9.18 Å². The van der Waals surface area contributed by atoms with Crippen LogP contribution >= 0.6 is 15.9 Å². The normalized spacial score (nSPS) is 10.2. The highest BCUT2D eigenvalue weighted by Crippen LogP contribution is 2.27. The predicted molar refractivity (Wildman–Crippen MR) is 82.3 cm³/mol. The predicted octanol–water partition coefficient (Wildman–Crippen LogP) is 4.12. The van der Waals surface area contributed by atoms with Crippen molar-refractivity contribution >= 4 is 39.0 Å². The van der Waals surface area contributed by atoms with Crippen LogP contribution in [0.5, 0.6) is 0 Å². The van der Waals surface area contributed by atoms with Gasteiger partial charge in [0.25, 0.3) is 0 Å². The van der Waals surface area contributed by atoms with Gasteiger partial charge < -0.3 is 16.4 Å². The summed E-state index contributed by atoms with van der Waals surface area (Å²) in [4.78, 5) is 11.9. The van der Waals surface area contributed by atoms with E-state index in [9.17, 15) is 9.18 Å². The third-order valence-corrected chi connectivity index (χ3v) is 3.13. The molecule has 104 valence electrons. The van der Waals surface area contributed by atoms with Crippen molar-refractivity contribution in [2.75, 3.05) is 16.4 Å². The van der Waals surface area contributed by atoms with E-state index in [2.05, 4.69) is 26.6 Å². The molecule has 0 aliphatic rings. The van der Waals surface area contributed by atoms with Crippen LogP contribution in [0.3, 0.4) is 0 Å². The first-order chi connectivity index (χ1) is 9.45. The van der Waals surface area contributed by atoms with Gasteiger partial charge in [-0.15, -0.1) is 0 Å². The molecule has 0 fully saturated rings. The Labute approximate surface area is 124 Å². The van der Waals surface area contributed by atoms with E-state index in [4.69, 9.17) is 5.73 Å². The van der Waals surface area contributed by atoms with Crippen LogP contribution in [0.4, 0.5) is 26.2 Å². The number of nitrogens with two attached hydrogens (primary N) is 1. The Bertz CT molecular complexity index is 620. The van der Waals surface area contributed by atoms with Crippen molar-refractivity contribution in [2.45, 2.75) is 6.92 Å². The average molecular weight is 338 g/mol. The lowest BCUT2D eigenvalue weighted by molar-refractivity contribution is 0.262. The maximum atomic E-state index is 12.8. The van der Waals surface area contributed by atoms with E-state index in [0.717, 1.165) is 10.0 Å². The van der Waals surface area contributed by atoms with Crippen molar-refractivity contribution < 1.29 is 9.18 Å². The molecule has 0 aromatic heterocycles. The average Bonchev–Trinajstić information content (AvgIpc) is 2.36. The Kier molecular flexibility index (Phi) is 4.24. The maximum Gasteiger partial charge on any atom is 0.323 e. The number of nitrogen functional groups attached to an aromatic ring is 1. The summed E-state index contributed by atoms with van der Waals surface area (Å²) >= 11 is 3.33. The van der Waals surface area contributed by atoms with Crippen LogP contribution in [0.2, 0.25) is 0 Å². The number of halogens is 2. The van der Waals surface area contributed by atoms with Crippen LogP contribution in [0.25, 0.3) is 0 Å². The smallest absolute Gasteiger partial charge is 0.323 e. The molecular weight excluding hydrogens is 325 g/mol. The summed E-state index contributed by atoms with van der Waals surface area (Å²) in [5.74, 6) is -0.357. The quantitative estimate of drug-likeness (QED) is 0.721. The molecule has 2 rings (SSSR count). The Morgan fingerprint density at radius 1 is 1.20 bits per heavy atom. The molecule has 0 aliphatic heterocycles. The molecule has 0 atom stereocenters. The van der Waals surface area contributed by atoms with E-state index in [1.807, 2.05) is 13.0 Å². The lowest BCUT2D eigenvalue weighted by Crippen LogP contribution is -2.20. The highest BCUT2D eigenvalue weighted by molar-refractivity contribution is 9.10. The summed E-state index contributed by atoms with van der Waals surface area (Å²) < 4.78 is 13.6. The van der Waals surface area contributed by atoms with E-state index in [-0.39, 0.29) is 5.82 Å². The highest BCUT2D eigenvalue weighted by Gasteiger charge is 2.09. The van der Waals surface area contributed by atoms with Gasteiger partial charge in [-0.3, -0.25) is 0 Å². The maximum absolute atomic E-state index is 12.8. The summed E-state index contributed by atoms with van der Waals surface area (Å²) in [7, 11) is 0. The van der Waals surface area contributed by atoms with Crippen LogP contribution < -0.4 is 16.4 Å². The zero-order valence-electron chi connectivity index (χ0n) is 10.7. The second-order valence-corrected chi connectivity index (χ2v) is 5.19. The minimum atomic E-state index is -0.436. The number of aryl methyl sites for hydroxylation is 1. The molecule has 0 spiro atoms. The van der Waals surface area contributed by atoms with E-state index in [0.29, 0.717) is 17.1 Å². The van der Waals surface area contributed by atoms with E-state index < -0.39 is 6.03 Å². The molecule has 0 unspecified atom stereocenters. The largest absolute Gasteiger partial charge is 0.397 e. The van der Waals surface area contributed by atoms with Crippen LogP contribution in [0.15, 0.2) is 40.9 Å². The second kappa shape index (κ2) is 5.92. The van der Waals surface area contributed by atoms with E-state index >= 15 is 0 Å². The number of nitrogens with one attached hydrogen (secondary N) is 2. The van der Waals surface area contributed by atoms with Crippen molar-refractivity contribution in [3.63, 3.8) is 0 Å². The van der Waals surface area contributed by atoms with Crippen molar-refractivity contribution in [3.05, 3.63) is 52.3 Å². The van der Waals surface area contributed by atoms with Gasteiger partial charge in [-0.2, -0.15) is 0 Å². The number of benzene rings is 2. The minimum absolute atomic E-state index is 0.357. The van der Waals surface area contributed by atoms with Crippen molar-refractivity contribution in [1.82, 2.24) is 0 Å². The number of hydrogen-bond acceptors (Lipinski definition) is 2. The molecule has 2 amide bonds. The summed E-state index contributed by atoms with van der Waals surface area (Å²) in [5, 5.41) is 5.28. The fourth-order valence-corrected chi connectivity index (χ4v) is 2.34. The van der Waals surface area contributed by atoms with Gasteiger partial charge in [-0.1, -0.05) is 15.9 Å². The van der Waals surface area contributed by atoms with Crippen molar-refractivity contribution in [1.29, 1.82) is 0 Å². The lowest BCUT2D eigenvalue weighted by Gasteiger charge is -2.13. The first-order valence-corrected chi connectivity index (χ1v) is 6.64. The van der Waals surface area contributed by atoms with Gasteiger partial charge in [-0.05, 0) is 48.9 Å². The number of rotatable bonds is 2. The topological polar surface area (TPSA) is 67.1 Å². The van der Waals surface area contributed by atoms with Gasteiger partial charge in [0, 0.05) is 10.2 Å². The number of carbonyl (C=O) groups excluding carboxylic acids is 1. The Morgan fingerprint density at radius 2 is 1.85 bits per heavy atom. The Morgan fingerprint density at radius 3 is 2.45 bits per heavy atom. The first kappa shape index (κ1) is 14.3. The van der Waals surface area contributed by atoms with Crippen LogP contribution in [-0.2, 0) is 0 Å². The van der Waals surface area contributed by atoms with Crippen LogP contribution in [0, 0.1) is 12.7 Å². The van der Waals surface area contributed by atoms with Crippen LogP contribution in [0.1, 0.15) is 5.56 Å². The molecule has 20 heavy (non-hydrogen) atoms. The van der Waals surface area contributed by atoms with E-state index in [1.54, 1.807) is 6.07 Å². The van der Waals surface area contributed by atoms with Gasteiger partial charge >= 0.3 is 6.03 Å². The van der Waals surface area contributed by atoms with Crippen molar-refractivity contribution in [3.8, 4) is 0 Å². The molecule has 6 heteroatoms. The Hall–Kier alpha value is -2.08. The fourth-order valence-electron chi connectivity index (χ4n) is 1.75. The van der Waals surface area contributed by atoms with Gasteiger partial charge in [0.15, 0.2) is 0 Å². The molecule has 0 saturated heterocycles. The third kappa shape index (κ3) is 3.48. The molecule has 2 aromatic carbocycles. The van der Waals surface area contributed by atoms with Crippen molar-refractivity contribution in [2.24, 2.45) is 0 Å².